The Morgan fingerprint density at radius 1 is 1.04 bits per heavy atom. The van der Waals surface area contributed by atoms with Crippen molar-refractivity contribution in [2.24, 2.45) is 0 Å². The summed E-state index contributed by atoms with van der Waals surface area (Å²) in [5.74, 6) is 3.07. The third-order valence-corrected chi connectivity index (χ3v) is 5.91. The number of ether oxygens (including phenoxy) is 1. The van der Waals surface area contributed by atoms with E-state index in [1.54, 1.807) is 7.11 Å². The molecular formula is C22H31N3O2. The average molecular weight is 370 g/mol. The maximum absolute atomic E-state index is 5.78. The number of para-hydroxylation sites is 2. The van der Waals surface area contributed by atoms with Crippen LogP contribution in [0.25, 0.3) is 0 Å². The van der Waals surface area contributed by atoms with Crippen LogP contribution in [0.2, 0.25) is 0 Å². The highest BCUT2D eigenvalue weighted by Gasteiger charge is 2.29. The van der Waals surface area contributed by atoms with Crippen molar-refractivity contribution in [2.75, 3.05) is 51.3 Å². The molecule has 1 aromatic heterocycles. The number of likely N-dealkylation sites (tertiary alicyclic amines) is 1. The number of rotatable bonds is 5. The number of piperazine rings is 1. The van der Waals surface area contributed by atoms with Gasteiger partial charge in [-0.05, 0) is 50.6 Å². The summed E-state index contributed by atoms with van der Waals surface area (Å²) in [4.78, 5) is 7.70. The van der Waals surface area contributed by atoms with Gasteiger partial charge in [-0.25, -0.2) is 0 Å². The largest absolute Gasteiger partial charge is 0.495 e. The number of hydrogen-bond donors (Lipinski definition) is 0. The van der Waals surface area contributed by atoms with Gasteiger partial charge in [-0.2, -0.15) is 0 Å². The summed E-state index contributed by atoms with van der Waals surface area (Å²) in [6, 6.07) is 13.2. The summed E-state index contributed by atoms with van der Waals surface area (Å²) >= 11 is 0. The zero-order valence-corrected chi connectivity index (χ0v) is 16.6. The maximum Gasteiger partial charge on any atom is 0.142 e. The molecule has 0 unspecified atom stereocenters. The Morgan fingerprint density at radius 3 is 2.59 bits per heavy atom. The summed E-state index contributed by atoms with van der Waals surface area (Å²) in [6.45, 7) is 9.65. The molecule has 0 spiro atoms. The van der Waals surface area contributed by atoms with Gasteiger partial charge in [0.25, 0.3) is 0 Å². The van der Waals surface area contributed by atoms with Gasteiger partial charge in [0, 0.05) is 38.8 Å². The predicted octanol–water partition coefficient (Wildman–Crippen LogP) is 3.38. The minimum Gasteiger partial charge on any atom is -0.495 e. The molecular weight excluding hydrogens is 338 g/mol. The van der Waals surface area contributed by atoms with Gasteiger partial charge >= 0.3 is 0 Å². The van der Waals surface area contributed by atoms with Gasteiger partial charge in [0.15, 0.2) is 0 Å². The van der Waals surface area contributed by atoms with Gasteiger partial charge in [0.05, 0.1) is 19.3 Å². The van der Waals surface area contributed by atoms with E-state index in [-0.39, 0.29) is 0 Å². The quantitative estimate of drug-likeness (QED) is 0.807. The molecule has 1 aromatic carbocycles. The fourth-order valence-electron chi connectivity index (χ4n) is 4.48. The van der Waals surface area contributed by atoms with Crippen LogP contribution >= 0.6 is 0 Å². The standard InChI is InChI=1S/C22H31N3O2/c1-18-9-10-20(27-18)17-23-11-5-6-19(16-23)24-12-14-25(15-13-24)21-7-3-4-8-22(21)26-2/h3-4,7-10,19H,5-6,11-17H2,1-2H3/t19-/m0/s1. The van der Waals surface area contributed by atoms with Crippen molar-refractivity contribution in [3.63, 3.8) is 0 Å². The van der Waals surface area contributed by atoms with Gasteiger partial charge in [-0.1, -0.05) is 12.1 Å². The highest BCUT2D eigenvalue weighted by atomic mass is 16.5. The zero-order valence-electron chi connectivity index (χ0n) is 16.6. The third kappa shape index (κ3) is 4.30. The summed E-state index contributed by atoms with van der Waals surface area (Å²) in [5, 5.41) is 0. The van der Waals surface area contributed by atoms with Crippen LogP contribution in [0.3, 0.4) is 0 Å². The second kappa shape index (κ2) is 8.36. The Labute approximate surface area is 162 Å². The Bertz CT molecular complexity index is 737. The molecule has 2 saturated heterocycles. The molecule has 146 valence electrons. The number of anilines is 1. The lowest BCUT2D eigenvalue weighted by molar-refractivity contribution is 0.0847. The van der Waals surface area contributed by atoms with E-state index in [2.05, 4.69) is 45.0 Å². The molecule has 0 amide bonds. The van der Waals surface area contributed by atoms with E-state index in [0.29, 0.717) is 6.04 Å². The van der Waals surface area contributed by atoms with E-state index in [4.69, 9.17) is 9.15 Å². The van der Waals surface area contributed by atoms with E-state index in [1.807, 2.05) is 13.0 Å². The molecule has 0 N–H and O–H groups in total. The molecule has 2 fully saturated rings. The molecule has 1 atom stereocenters. The first kappa shape index (κ1) is 18.4. The number of benzene rings is 1. The monoisotopic (exact) mass is 369 g/mol. The second-order valence-corrected chi connectivity index (χ2v) is 7.74. The molecule has 3 heterocycles. The van der Waals surface area contributed by atoms with E-state index in [9.17, 15) is 0 Å². The average Bonchev–Trinajstić information content (AvgIpc) is 3.13. The van der Waals surface area contributed by atoms with Crippen LogP contribution in [0.5, 0.6) is 5.75 Å². The molecule has 2 aromatic rings. The van der Waals surface area contributed by atoms with Gasteiger partial charge in [-0.15, -0.1) is 0 Å². The first-order valence-electron chi connectivity index (χ1n) is 10.1. The Morgan fingerprint density at radius 2 is 1.85 bits per heavy atom. The molecule has 0 saturated carbocycles. The molecule has 27 heavy (non-hydrogen) atoms. The van der Waals surface area contributed by atoms with Crippen LogP contribution in [0.4, 0.5) is 5.69 Å². The number of aryl methyl sites for hydroxylation is 1. The predicted molar refractivity (Wildman–Crippen MR) is 109 cm³/mol. The van der Waals surface area contributed by atoms with Crippen LogP contribution in [0.1, 0.15) is 24.4 Å². The van der Waals surface area contributed by atoms with Crippen LogP contribution in [-0.2, 0) is 6.54 Å². The summed E-state index contributed by atoms with van der Waals surface area (Å²) < 4.78 is 11.3. The lowest BCUT2D eigenvalue weighted by Gasteiger charge is -2.44. The van der Waals surface area contributed by atoms with Gasteiger partial charge in [0.1, 0.15) is 17.3 Å². The van der Waals surface area contributed by atoms with Crippen LogP contribution in [0, 0.1) is 6.92 Å². The lowest BCUT2D eigenvalue weighted by atomic mass is 10.0. The number of furan rings is 1. The lowest BCUT2D eigenvalue weighted by Crippen LogP contribution is -2.55. The van der Waals surface area contributed by atoms with E-state index in [0.717, 1.165) is 56.5 Å². The van der Waals surface area contributed by atoms with Crippen LogP contribution in [-0.4, -0.2) is 62.2 Å². The smallest absolute Gasteiger partial charge is 0.142 e. The normalized spacial score (nSPS) is 22.1. The van der Waals surface area contributed by atoms with Crippen LogP contribution in [0.15, 0.2) is 40.8 Å². The molecule has 4 rings (SSSR count). The molecule has 0 radical (unpaired) electrons. The zero-order chi connectivity index (χ0) is 18.6. The number of nitrogens with zero attached hydrogens (tertiary/aromatic N) is 3. The van der Waals surface area contributed by atoms with Crippen molar-refractivity contribution < 1.29 is 9.15 Å². The number of hydrogen-bond acceptors (Lipinski definition) is 5. The Hall–Kier alpha value is -1.98. The van der Waals surface area contributed by atoms with Gasteiger partial charge < -0.3 is 14.1 Å². The molecule has 2 aliphatic rings. The summed E-state index contributed by atoms with van der Waals surface area (Å²) in [6.07, 6.45) is 2.58. The summed E-state index contributed by atoms with van der Waals surface area (Å²) in [5.41, 5.74) is 1.22. The van der Waals surface area contributed by atoms with Crippen LogP contribution < -0.4 is 9.64 Å². The minimum atomic E-state index is 0.662. The maximum atomic E-state index is 5.78. The van der Waals surface area contributed by atoms with Gasteiger partial charge in [0.2, 0.25) is 0 Å². The first-order valence-corrected chi connectivity index (χ1v) is 10.1. The topological polar surface area (TPSA) is 32.1 Å². The highest BCUT2D eigenvalue weighted by molar-refractivity contribution is 5.58. The van der Waals surface area contributed by atoms with E-state index < -0.39 is 0 Å². The number of methoxy groups -OCH3 is 1. The van der Waals surface area contributed by atoms with E-state index >= 15 is 0 Å². The van der Waals surface area contributed by atoms with E-state index in [1.165, 1.54) is 25.1 Å². The first-order chi connectivity index (χ1) is 13.2. The fourth-order valence-corrected chi connectivity index (χ4v) is 4.48. The van der Waals surface area contributed by atoms with Crippen molar-refractivity contribution >= 4 is 5.69 Å². The Kier molecular flexibility index (Phi) is 5.69. The highest BCUT2D eigenvalue weighted by Crippen LogP contribution is 2.29. The van der Waals surface area contributed by atoms with Crippen molar-refractivity contribution in [1.29, 1.82) is 0 Å². The van der Waals surface area contributed by atoms with Crippen molar-refractivity contribution in [3.05, 3.63) is 47.9 Å². The van der Waals surface area contributed by atoms with Crippen molar-refractivity contribution in [2.45, 2.75) is 32.4 Å². The molecule has 5 heteroatoms. The number of piperidine rings is 1. The van der Waals surface area contributed by atoms with Gasteiger partial charge in [-0.3, -0.25) is 9.80 Å². The third-order valence-electron chi connectivity index (χ3n) is 5.91. The molecule has 5 nitrogen and oxygen atoms in total. The molecule has 0 bridgehead atoms. The SMILES string of the molecule is COc1ccccc1N1CCN([C@H]2CCCN(Cc3ccc(C)o3)C2)CC1. The molecule has 0 aliphatic carbocycles. The van der Waals surface area contributed by atoms with Crippen molar-refractivity contribution in [1.82, 2.24) is 9.80 Å². The second-order valence-electron chi connectivity index (χ2n) is 7.74. The minimum absolute atomic E-state index is 0.662. The fraction of sp³-hybridized carbons (Fsp3) is 0.545. The Balaban J connectivity index is 1.32. The molecule has 2 aliphatic heterocycles. The summed E-state index contributed by atoms with van der Waals surface area (Å²) in [7, 11) is 1.76. The van der Waals surface area contributed by atoms with Crippen molar-refractivity contribution in [3.8, 4) is 5.75 Å².